The number of carbonyl (C=O) groups excluding carboxylic acids is 1. The molecular weight excluding hydrogens is 364 g/mol. The van der Waals surface area contributed by atoms with Gasteiger partial charge in [0.2, 0.25) is 5.91 Å². The van der Waals surface area contributed by atoms with Gasteiger partial charge in [0.15, 0.2) is 0 Å². The number of hydrogen-bond donors (Lipinski definition) is 1. The Labute approximate surface area is 162 Å². The molecule has 1 N–H and O–H groups in total. The van der Waals surface area contributed by atoms with Crippen LogP contribution in [-0.2, 0) is 11.3 Å². The number of fused-ring (bicyclic) bond motifs is 1. The molecule has 0 aliphatic rings. The molecule has 1 aromatic carbocycles. The molecule has 0 unspecified atom stereocenters. The van der Waals surface area contributed by atoms with Crippen LogP contribution in [0.5, 0.6) is 0 Å². The van der Waals surface area contributed by atoms with Gasteiger partial charge < -0.3 is 5.32 Å². The van der Waals surface area contributed by atoms with Crippen molar-refractivity contribution in [3.05, 3.63) is 56.5 Å². The van der Waals surface area contributed by atoms with Crippen molar-refractivity contribution in [3.63, 3.8) is 0 Å². The number of rotatable bonds is 4. The normalized spacial score (nSPS) is 11.4. The first kappa shape index (κ1) is 19.2. The van der Waals surface area contributed by atoms with Crippen LogP contribution in [0.1, 0.15) is 30.7 Å². The van der Waals surface area contributed by atoms with Crippen molar-refractivity contribution in [3.8, 4) is 5.69 Å². The summed E-state index contributed by atoms with van der Waals surface area (Å²) in [6.45, 7) is 9.38. The molecule has 0 bridgehead atoms. The Morgan fingerprint density at radius 3 is 2.63 bits per heavy atom. The SMILES string of the molecule is Cc1c(Cl)cccc1-n1nc(C)c2c(C)cc(=O)n(CC(=O)NC(C)C)c21. The summed E-state index contributed by atoms with van der Waals surface area (Å²) in [5, 5.41) is 8.98. The minimum absolute atomic E-state index is 0.00374. The van der Waals surface area contributed by atoms with Gasteiger partial charge in [-0.05, 0) is 57.9 Å². The molecule has 7 heteroatoms. The molecule has 142 valence electrons. The zero-order valence-corrected chi connectivity index (χ0v) is 16.9. The molecule has 0 spiro atoms. The lowest BCUT2D eigenvalue weighted by atomic mass is 10.1. The van der Waals surface area contributed by atoms with Gasteiger partial charge in [0.1, 0.15) is 12.2 Å². The monoisotopic (exact) mass is 386 g/mol. The summed E-state index contributed by atoms with van der Waals surface area (Å²) in [5.41, 5.74) is 3.62. The standard InChI is InChI=1S/C20H23ClN4O2/c1-11(2)22-17(26)10-24-18(27)9-12(3)19-14(5)23-25(20(19)24)16-8-6-7-15(21)13(16)4/h6-9,11H,10H2,1-5H3,(H,22,26). The van der Waals surface area contributed by atoms with Crippen LogP contribution in [0.4, 0.5) is 0 Å². The number of pyridine rings is 1. The number of benzene rings is 1. The summed E-state index contributed by atoms with van der Waals surface area (Å²) < 4.78 is 3.18. The molecule has 0 atom stereocenters. The van der Waals surface area contributed by atoms with E-state index in [9.17, 15) is 9.59 Å². The lowest BCUT2D eigenvalue weighted by molar-refractivity contribution is -0.122. The number of amides is 1. The highest BCUT2D eigenvalue weighted by molar-refractivity contribution is 6.31. The van der Waals surface area contributed by atoms with Gasteiger partial charge in [-0.3, -0.25) is 14.2 Å². The van der Waals surface area contributed by atoms with Crippen LogP contribution >= 0.6 is 11.6 Å². The van der Waals surface area contributed by atoms with Crippen molar-refractivity contribution in [1.82, 2.24) is 19.7 Å². The first-order valence-corrected chi connectivity index (χ1v) is 9.23. The van der Waals surface area contributed by atoms with Crippen LogP contribution in [0.2, 0.25) is 5.02 Å². The quantitative estimate of drug-likeness (QED) is 0.748. The van der Waals surface area contributed by atoms with E-state index in [1.807, 2.05) is 52.8 Å². The zero-order chi connectivity index (χ0) is 19.9. The molecule has 27 heavy (non-hydrogen) atoms. The van der Waals surface area contributed by atoms with Crippen LogP contribution in [0, 0.1) is 20.8 Å². The van der Waals surface area contributed by atoms with Gasteiger partial charge >= 0.3 is 0 Å². The highest BCUT2D eigenvalue weighted by Crippen LogP contribution is 2.27. The maximum atomic E-state index is 12.7. The lowest BCUT2D eigenvalue weighted by Crippen LogP contribution is -2.36. The van der Waals surface area contributed by atoms with E-state index in [-0.39, 0.29) is 24.1 Å². The number of aryl methyl sites for hydroxylation is 2. The molecule has 0 saturated heterocycles. The first-order chi connectivity index (χ1) is 12.7. The fraction of sp³-hybridized carbons (Fsp3) is 0.350. The van der Waals surface area contributed by atoms with Gasteiger partial charge in [0, 0.05) is 22.5 Å². The molecule has 3 rings (SSSR count). The third-order valence-electron chi connectivity index (χ3n) is 4.51. The Morgan fingerprint density at radius 2 is 1.96 bits per heavy atom. The van der Waals surface area contributed by atoms with E-state index in [0.29, 0.717) is 10.7 Å². The smallest absolute Gasteiger partial charge is 0.252 e. The number of halogens is 1. The first-order valence-electron chi connectivity index (χ1n) is 8.85. The largest absolute Gasteiger partial charge is 0.352 e. The number of nitrogens with zero attached hydrogens (tertiary/aromatic N) is 3. The second-order valence-electron chi connectivity index (χ2n) is 7.05. The predicted octanol–water partition coefficient (Wildman–Crippen LogP) is 3.29. The van der Waals surface area contributed by atoms with E-state index in [4.69, 9.17) is 11.6 Å². The second kappa shape index (κ2) is 7.19. The Hall–Kier alpha value is -2.60. The van der Waals surface area contributed by atoms with Gasteiger partial charge in [-0.15, -0.1) is 0 Å². The number of hydrogen-bond acceptors (Lipinski definition) is 3. The van der Waals surface area contributed by atoms with Crippen LogP contribution < -0.4 is 10.9 Å². The van der Waals surface area contributed by atoms with Gasteiger partial charge in [-0.2, -0.15) is 5.10 Å². The number of carbonyl (C=O) groups is 1. The minimum atomic E-state index is -0.236. The molecule has 0 aliphatic heterocycles. The summed E-state index contributed by atoms with van der Waals surface area (Å²) in [6, 6.07) is 7.11. The van der Waals surface area contributed by atoms with Crippen LogP contribution in [0.3, 0.4) is 0 Å². The Balaban J connectivity index is 2.32. The van der Waals surface area contributed by atoms with Crippen molar-refractivity contribution >= 4 is 28.5 Å². The van der Waals surface area contributed by atoms with Crippen LogP contribution in [0.15, 0.2) is 29.1 Å². The fourth-order valence-corrected chi connectivity index (χ4v) is 3.49. The van der Waals surface area contributed by atoms with Gasteiger partial charge in [-0.25, -0.2) is 4.68 Å². The Bertz CT molecular complexity index is 1100. The third kappa shape index (κ3) is 3.49. The highest BCUT2D eigenvalue weighted by atomic mass is 35.5. The van der Waals surface area contributed by atoms with Crippen LogP contribution in [-0.4, -0.2) is 26.3 Å². The van der Waals surface area contributed by atoms with Crippen molar-refractivity contribution < 1.29 is 4.79 Å². The van der Waals surface area contributed by atoms with Gasteiger partial charge in [0.25, 0.3) is 5.56 Å². The molecule has 0 radical (unpaired) electrons. The van der Waals surface area contributed by atoms with E-state index in [1.54, 1.807) is 10.7 Å². The van der Waals surface area contributed by atoms with Gasteiger partial charge in [0.05, 0.1) is 11.4 Å². The Morgan fingerprint density at radius 1 is 1.26 bits per heavy atom. The summed E-state index contributed by atoms with van der Waals surface area (Å²) in [6.07, 6.45) is 0. The van der Waals surface area contributed by atoms with Crippen LogP contribution in [0.25, 0.3) is 16.7 Å². The molecule has 3 aromatic rings. The van der Waals surface area contributed by atoms with E-state index >= 15 is 0 Å². The summed E-state index contributed by atoms with van der Waals surface area (Å²) in [4.78, 5) is 25.1. The average molecular weight is 387 g/mol. The van der Waals surface area contributed by atoms with E-state index < -0.39 is 0 Å². The molecule has 0 aliphatic carbocycles. The summed E-state index contributed by atoms with van der Waals surface area (Å²) >= 11 is 6.29. The van der Waals surface area contributed by atoms with Crippen molar-refractivity contribution in [2.75, 3.05) is 0 Å². The Kier molecular flexibility index (Phi) is 5.11. The fourth-order valence-electron chi connectivity index (χ4n) is 3.32. The highest BCUT2D eigenvalue weighted by Gasteiger charge is 2.20. The minimum Gasteiger partial charge on any atom is -0.352 e. The number of nitrogens with one attached hydrogen (secondary N) is 1. The van der Waals surface area contributed by atoms with E-state index in [1.165, 1.54) is 4.57 Å². The van der Waals surface area contributed by atoms with Crippen molar-refractivity contribution in [2.24, 2.45) is 0 Å². The average Bonchev–Trinajstić information content (AvgIpc) is 2.91. The summed E-state index contributed by atoms with van der Waals surface area (Å²) in [5.74, 6) is -0.217. The molecule has 6 nitrogen and oxygen atoms in total. The third-order valence-corrected chi connectivity index (χ3v) is 4.92. The molecule has 2 aromatic heterocycles. The number of aromatic nitrogens is 3. The summed E-state index contributed by atoms with van der Waals surface area (Å²) in [7, 11) is 0. The topological polar surface area (TPSA) is 68.9 Å². The maximum Gasteiger partial charge on any atom is 0.252 e. The van der Waals surface area contributed by atoms with E-state index in [0.717, 1.165) is 27.9 Å². The van der Waals surface area contributed by atoms with Crippen molar-refractivity contribution in [2.45, 2.75) is 47.2 Å². The molecule has 2 heterocycles. The maximum absolute atomic E-state index is 12.7. The second-order valence-corrected chi connectivity index (χ2v) is 7.46. The predicted molar refractivity (Wildman–Crippen MR) is 108 cm³/mol. The van der Waals surface area contributed by atoms with Gasteiger partial charge in [-0.1, -0.05) is 17.7 Å². The molecule has 0 fully saturated rings. The molecular formula is C20H23ClN4O2. The lowest BCUT2D eigenvalue weighted by Gasteiger charge is -2.15. The molecule has 1 amide bonds. The molecule has 0 saturated carbocycles. The van der Waals surface area contributed by atoms with E-state index in [2.05, 4.69) is 10.4 Å². The van der Waals surface area contributed by atoms with Crippen molar-refractivity contribution in [1.29, 1.82) is 0 Å². The zero-order valence-electron chi connectivity index (χ0n) is 16.1.